The minimum absolute atomic E-state index is 0.0187. The highest BCUT2D eigenvalue weighted by Gasteiger charge is 2.47. The van der Waals surface area contributed by atoms with Gasteiger partial charge in [0.05, 0.1) is 19.3 Å². The number of carbonyl (C=O) groups excluding carboxylic acids is 3. The summed E-state index contributed by atoms with van der Waals surface area (Å²) < 4.78 is 10.1. The summed E-state index contributed by atoms with van der Waals surface area (Å²) in [7, 11) is 1.26. The van der Waals surface area contributed by atoms with Gasteiger partial charge in [-0.15, -0.1) is 0 Å². The van der Waals surface area contributed by atoms with Crippen LogP contribution in [0.15, 0.2) is 46.8 Å². The molecule has 1 aliphatic carbocycles. The number of phenols is 1. The van der Waals surface area contributed by atoms with Crippen LogP contribution in [0.5, 0.6) is 5.75 Å². The molecule has 0 aromatic heterocycles. The van der Waals surface area contributed by atoms with Crippen LogP contribution in [0.3, 0.4) is 0 Å². The topological polar surface area (TPSA) is 102 Å². The third kappa shape index (κ3) is 3.64. The number of ether oxygens (including phenoxy) is 2. The van der Waals surface area contributed by atoms with Crippen LogP contribution >= 0.6 is 0 Å². The standard InChI is InChI=1S/C22H25NO6/c1-5-29-22(27)17-12(3)23-15-9-11(2)16(21(26)28-4)20(25)19(15)18(17)13-7-6-8-14(24)10-13/h6-8,10-11,16,18,23-24H,5,9H2,1-4H3/t11-,16-,18+/m1/s1. The molecular formula is C22H25NO6. The second kappa shape index (κ2) is 8.11. The van der Waals surface area contributed by atoms with E-state index in [2.05, 4.69) is 5.32 Å². The lowest BCUT2D eigenvalue weighted by atomic mass is 9.69. The van der Waals surface area contributed by atoms with Crippen molar-refractivity contribution in [1.29, 1.82) is 0 Å². The van der Waals surface area contributed by atoms with E-state index in [4.69, 9.17) is 9.47 Å². The predicted octanol–water partition coefficient (Wildman–Crippen LogP) is 2.57. The van der Waals surface area contributed by atoms with Crippen molar-refractivity contribution in [1.82, 2.24) is 5.32 Å². The van der Waals surface area contributed by atoms with E-state index in [1.165, 1.54) is 19.2 Å². The van der Waals surface area contributed by atoms with Crippen LogP contribution in [0.2, 0.25) is 0 Å². The SMILES string of the molecule is CCOC(=O)C1=C(C)NC2=C(C(=O)[C@H](C(=O)OC)[C@H](C)C2)[C@H]1c1cccc(O)c1. The normalized spacial score (nSPS) is 24.0. The van der Waals surface area contributed by atoms with Gasteiger partial charge >= 0.3 is 11.9 Å². The molecular weight excluding hydrogens is 374 g/mol. The third-order valence-corrected chi connectivity index (χ3v) is 5.44. The van der Waals surface area contributed by atoms with Crippen molar-refractivity contribution in [2.24, 2.45) is 11.8 Å². The maximum atomic E-state index is 13.4. The number of Topliss-reactive ketones (excluding diaryl/α,β-unsaturated/α-hetero) is 1. The highest BCUT2D eigenvalue weighted by molar-refractivity contribution is 6.12. The minimum Gasteiger partial charge on any atom is -0.508 e. The maximum Gasteiger partial charge on any atom is 0.336 e. The summed E-state index contributed by atoms with van der Waals surface area (Å²) in [5, 5.41) is 13.2. The molecule has 1 aliphatic heterocycles. The van der Waals surface area contributed by atoms with Gasteiger partial charge in [0.2, 0.25) is 0 Å². The lowest BCUT2D eigenvalue weighted by Gasteiger charge is -2.38. The zero-order valence-corrected chi connectivity index (χ0v) is 16.9. The molecule has 0 amide bonds. The Morgan fingerprint density at radius 1 is 1.31 bits per heavy atom. The van der Waals surface area contributed by atoms with Crippen molar-refractivity contribution in [3.63, 3.8) is 0 Å². The molecule has 0 radical (unpaired) electrons. The molecule has 7 heteroatoms. The van der Waals surface area contributed by atoms with Gasteiger partial charge in [-0.1, -0.05) is 19.1 Å². The first-order valence-electron chi connectivity index (χ1n) is 9.59. The molecule has 0 saturated heterocycles. The van der Waals surface area contributed by atoms with Gasteiger partial charge in [0, 0.05) is 22.9 Å². The second-order valence-corrected chi connectivity index (χ2v) is 7.35. The van der Waals surface area contributed by atoms with Gasteiger partial charge < -0.3 is 19.9 Å². The van der Waals surface area contributed by atoms with Gasteiger partial charge in [0.15, 0.2) is 5.78 Å². The number of phenolic OH excluding ortho intramolecular Hbond substituents is 1. The van der Waals surface area contributed by atoms with Gasteiger partial charge in [-0.2, -0.15) is 0 Å². The average Bonchev–Trinajstić information content (AvgIpc) is 2.66. The molecule has 0 saturated carbocycles. The largest absolute Gasteiger partial charge is 0.508 e. The molecule has 154 valence electrons. The minimum atomic E-state index is -0.942. The maximum absolute atomic E-state index is 13.4. The Morgan fingerprint density at radius 2 is 2.03 bits per heavy atom. The number of benzene rings is 1. The van der Waals surface area contributed by atoms with Crippen LogP contribution in [-0.2, 0) is 23.9 Å². The molecule has 1 heterocycles. The first-order chi connectivity index (χ1) is 13.8. The molecule has 0 unspecified atom stereocenters. The summed E-state index contributed by atoms with van der Waals surface area (Å²) in [6, 6.07) is 6.43. The van der Waals surface area contributed by atoms with E-state index < -0.39 is 23.8 Å². The van der Waals surface area contributed by atoms with E-state index in [0.29, 0.717) is 34.5 Å². The van der Waals surface area contributed by atoms with Crippen molar-refractivity contribution in [3.05, 3.63) is 52.4 Å². The smallest absolute Gasteiger partial charge is 0.336 e. The fraction of sp³-hybridized carbons (Fsp3) is 0.409. The first kappa shape index (κ1) is 20.6. The van der Waals surface area contributed by atoms with E-state index in [-0.39, 0.29) is 24.1 Å². The predicted molar refractivity (Wildman–Crippen MR) is 105 cm³/mol. The summed E-state index contributed by atoms with van der Waals surface area (Å²) in [6.45, 7) is 5.48. The summed E-state index contributed by atoms with van der Waals surface area (Å²) >= 11 is 0. The van der Waals surface area contributed by atoms with Crippen LogP contribution in [0.1, 0.15) is 38.7 Å². The quantitative estimate of drug-likeness (QED) is 0.593. The summed E-state index contributed by atoms with van der Waals surface area (Å²) in [4.78, 5) is 38.5. The number of methoxy groups -OCH3 is 1. The fourth-order valence-electron chi connectivity index (χ4n) is 4.20. The lowest BCUT2D eigenvalue weighted by molar-refractivity contribution is -0.151. The van der Waals surface area contributed by atoms with Crippen LogP contribution in [-0.4, -0.2) is 36.5 Å². The summed E-state index contributed by atoms with van der Waals surface area (Å²) in [5.74, 6) is -3.42. The lowest BCUT2D eigenvalue weighted by Crippen LogP contribution is -2.43. The second-order valence-electron chi connectivity index (χ2n) is 7.35. The average molecular weight is 399 g/mol. The van der Waals surface area contributed by atoms with Gasteiger partial charge in [-0.3, -0.25) is 9.59 Å². The van der Waals surface area contributed by atoms with Gasteiger partial charge in [0.1, 0.15) is 11.7 Å². The van der Waals surface area contributed by atoms with Crippen LogP contribution in [0.25, 0.3) is 0 Å². The Kier molecular flexibility index (Phi) is 5.77. The molecule has 0 spiro atoms. The third-order valence-electron chi connectivity index (χ3n) is 5.44. The zero-order chi connectivity index (χ0) is 21.3. The Labute approximate surface area is 169 Å². The molecule has 1 aromatic rings. The number of rotatable bonds is 4. The number of aromatic hydroxyl groups is 1. The number of carbonyl (C=O) groups is 3. The fourth-order valence-corrected chi connectivity index (χ4v) is 4.20. The van der Waals surface area contributed by atoms with Crippen molar-refractivity contribution < 1.29 is 29.0 Å². The molecule has 1 aromatic carbocycles. The Balaban J connectivity index is 2.19. The van der Waals surface area contributed by atoms with Crippen molar-refractivity contribution in [3.8, 4) is 5.75 Å². The van der Waals surface area contributed by atoms with Gasteiger partial charge in [-0.05, 0) is 43.9 Å². The van der Waals surface area contributed by atoms with E-state index in [0.717, 1.165) is 0 Å². The number of ketones is 1. The van der Waals surface area contributed by atoms with Crippen LogP contribution < -0.4 is 5.32 Å². The highest BCUT2D eigenvalue weighted by Crippen LogP contribution is 2.45. The Hall–Kier alpha value is -3.09. The van der Waals surface area contributed by atoms with Crippen LogP contribution in [0.4, 0.5) is 0 Å². The molecule has 3 atom stereocenters. The number of hydrogen-bond donors (Lipinski definition) is 2. The number of dihydropyridines is 1. The molecule has 7 nitrogen and oxygen atoms in total. The summed E-state index contributed by atoms with van der Waals surface area (Å²) in [5.41, 5.74) is 2.49. The summed E-state index contributed by atoms with van der Waals surface area (Å²) in [6.07, 6.45) is 0.462. The highest BCUT2D eigenvalue weighted by atomic mass is 16.5. The molecule has 29 heavy (non-hydrogen) atoms. The Bertz CT molecular complexity index is 929. The van der Waals surface area contributed by atoms with Crippen molar-refractivity contribution >= 4 is 17.7 Å². The Morgan fingerprint density at radius 3 is 2.66 bits per heavy atom. The number of hydrogen-bond acceptors (Lipinski definition) is 7. The molecule has 2 N–H and O–H groups in total. The zero-order valence-electron chi connectivity index (χ0n) is 16.9. The van der Waals surface area contributed by atoms with E-state index in [1.807, 2.05) is 6.92 Å². The number of esters is 2. The van der Waals surface area contributed by atoms with Crippen molar-refractivity contribution in [2.45, 2.75) is 33.1 Å². The number of allylic oxidation sites excluding steroid dienone is 3. The monoisotopic (exact) mass is 399 g/mol. The van der Waals surface area contributed by atoms with E-state index in [9.17, 15) is 19.5 Å². The van der Waals surface area contributed by atoms with E-state index >= 15 is 0 Å². The van der Waals surface area contributed by atoms with Gasteiger partial charge in [0.25, 0.3) is 0 Å². The van der Waals surface area contributed by atoms with Gasteiger partial charge in [-0.25, -0.2) is 4.79 Å². The van der Waals surface area contributed by atoms with E-state index in [1.54, 1.807) is 26.0 Å². The number of nitrogens with one attached hydrogen (secondary N) is 1. The molecule has 2 aliphatic rings. The molecule has 3 rings (SSSR count). The van der Waals surface area contributed by atoms with Crippen LogP contribution in [0, 0.1) is 11.8 Å². The molecule has 0 fully saturated rings. The molecule has 0 bridgehead atoms. The first-order valence-corrected chi connectivity index (χ1v) is 9.59. The van der Waals surface area contributed by atoms with Crippen molar-refractivity contribution in [2.75, 3.05) is 13.7 Å².